The van der Waals surface area contributed by atoms with E-state index in [0.29, 0.717) is 0 Å². The fourth-order valence-electron chi connectivity index (χ4n) is 1.36. The Morgan fingerprint density at radius 3 is 2.39 bits per heavy atom. The van der Waals surface area contributed by atoms with E-state index in [2.05, 4.69) is 20.7 Å². The highest BCUT2D eigenvalue weighted by atomic mass is 79.9. The Kier molecular flexibility index (Phi) is 4.61. The molecule has 3 nitrogen and oxygen atoms in total. The number of methoxy groups -OCH3 is 2. The summed E-state index contributed by atoms with van der Waals surface area (Å²) >= 11 is 2.89. The number of carbonyl (C=O) groups is 1. The topological polar surface area (TPSA) is 35.5 Å². The molecule has 1 rings (SSSR count). The van der Waals surface area contributed by atoms with Gasteiger partial charge in [0, 0.05) is 0 Å². The predicted molar refractivity (Wildman–Crippen MR) is 61.7 cm³/mol. The van der Waals surface area contributed by atoms with Crippen molar-refractivity contribution < 1.29 is 27.4 Å². The zero-order valence-corrected chi connectivity index (χ0v) is 11.1. The van der Waals surface area contributed by atoms with Gasteiger partial charge in [-0.3, -0.25) is 4.79 Å². The number of halogens is 4. The first-order valence-electron chi connectivity index (χ1n) is 4.78. The molecule has 0 heterocycles. The van der Waals surface area contributed by atoms with Crippen LogP contribution in [0, 0.1) is 0 Å². The van der Waals surface area contributed by atoms with E-state index >= 15 is 0 Å². The summed E-state index contributed by atoms with van der Waals surface area (Å²) in [5.74, 6) is -0.735. The molecule has 0 spiro atoms. The number of esters is 1. The third kappa shape index (κ3) is 3.16. The summed E-state index contributed by atoms with van der Waals surface area (Å²) in [6.07, 6.45) is -4.58. The van der Waals surface area contributed by atoms with Crippen molar-refractivity contribution in [2.45, 2.75) is 11.0 Å². The standard InChI is InChI=1S/C11H10BrF3O3/c1-17-6-3-4-7(9(12)10(16)18-2)8(5-6)11(13,14)15/h3-5,9H,1-2H3. The van der Waals surface area contributed by atoms with Gasteiger partial charge in [-0.05, 0) is 17.7 Å². The molecule has 0 aliphatic carbocycles. The van der Waals surface area contributed by atoms with E-state index in [1.807, 2.05) is 0 Å². The van der Waals surface area contributed by atoms with Gasteiger partial charge < -0.3 is 9.47 Å². The molecule has 0 bridgehead atoms. The van der Waals surface area contributed by atoms with Crippen molar-refractivity contribution in [1.29, 1.82) is 0 Å². The number of ether oxygens (including phenoxy) is 2. The fraction of sp³-hybridized carbons (Fsp3) is 0.364. The first kappa shape index (κ1) is 14.8. The predicted octanol–water partition coefficient (Wildman–Crippen LogP) is 3.32. The van der Waals surface area contributed by atoms with Crippen molar-refractivity contribution in [2.75, 3.05) is 14.2 Å². The van der Waals surface area contributed by atoms with Gasteiger partial charge in [0.1, 0.15) is 10.6 Å². The Bertz CT molecular complexity index is 446. The molecule has 18 heavy (non-hydrogen) atoms. The molecule has 0 aliphatic heterocycles. The van der Waals surface area contributed by atoms with Crippen LogP contribution in [0.25, 0.3) is 0 Å². The first-order valence-corrected chi connectivity index (χ1v) is 5.70. The Morgan fingerprint density at radius 2 is 1.94 bits per heavy atom. The van der Waals surface area contributed by atoms with Crippen molar-refractivity contribution >= 4 is 21.9 Å². The van der Waals surface area contributed by atoms with Gasteiger partial charge in [0.2, 0.25) is 0 Å². The van der Waals surface area contributed by atoms with Crippen LogP contribution in [0.5, 0.6) is 5.75 Å². The molecule has 0 fully saturated rings. The molecule has 0 radical (unpaired) electrons. The van der Waals surface area contributed by atoms with Gasteiger partial charge in [0.15, 0.2) is 0 Å². The van der Waals surface area contributed by atoms with Crippen LogP contribution in [-0.2, 0) is 15.7 Å². The lowest BCUT2D eigenvalue weighted by Gasteiger charge is -2.16. The molecule has 1 aromatic carbocycles. The van der Waals surface area contributed by atoms with E-state index in [4.69, 9.17) is 4.74 Å². The second-order valence-electron chi connectivity index (χ2n) is 3.34. The highest BCUT2D eigenvalue weighted by molar-refractivity contribution is 9.09. The number of hydrogen-bond donors (Lipinski definition) is 0. The summed E-state index contributed by atoms with van der Waals surface area (Å²) < 4.78 is 47.7. The Labute approximate surface area is 110 Å². The second-order valence-corrected chi connectivity index (χ2v) is 4.25. The number of rotatable bonds is 3. The Morgan fingerprint density at radius 1 is 1.33 bits per heavy atom. The van der Waals surface area contributed by atoms with Crippen LogP contribution in [0.15, 0.2) is 18.2 Å². The average molecular weight is 327 g/mol. The van der Waals surface area contributed by atoms with E-state index < -0.39 is 22.5 Å². The molecule has 0 aromatic heterocycles. The Balaban J connectivity index is 3.31. The molecular weight excluding hydrogens is 317 g/mol. The molecule has 1 aromatic rings. The van der Waals surface area contributed by atoms with Gasteiger partial charge in [0.25, 0.3) is 0 Å². The summed E-state index contributed by atoms with van der Waals surface area (Å²) in [6, 6.07) is 3.37. The van der Waals surface area contributed by atoms with Gasteiger partial charge in [-0.1, -0.05) is 22.0 Å². The van der Waals surface area contributed by atoms with Crippen molar-refractivity contribution in [1.82, 2.24) is 0 Å². The van der Waals surface area contributed by atoms with Crippen LogP contribution in [0.4, 0.5) is 13.2 Å². The minimum atomic E-state index is -4.58. The lowest BCUT2D eigenvalue weighted by molar-refractivity contribution is -0.141. The second kappa shape index (κ2) is 5.60. The van der Waals surface area contributed by atoms with Crippen molar-refractivity contribution in [3.05, 3.63) is 29.3 Å². The van der Waals surface area contributed by atoms with Gasteiger partial charge in [-0.15, -0.1) is 0 Å². The van der Waals surface area contributed by atoms with E-state index in [-0.39, 0.29) is 11.3 Å². The zero-order valence-electron chi connectivity index (χ0n) is 9.55. The van der Waals surface area contributed by atoms with Crippen LogP contribution in [0.1, 0.15) is 16.0 Å². The normalized spacial score (nSPS) is 13.0. The van der Waals surface area contributed by atoms with E-state index in [9.17, 15) is 18.0 Å². The summed E-state index contributed by atoms with van der Waals surface area (Å²) in [5.41, 5.74) is -1.15. The van der Waals surface area contributed by atoms with Crippen molar-refractivity contribution in [2.24, 2.45) is 0 Å². The lowest BCUT2D eigenvalue weighted by Crippen LogP contribution is -2.15. The molecule has 1 atom stereocenters. The fourth-order valence-corrected chi connectivity index (χ4v) is 1.95. The van der Waals surface area contributed by atoms with Gasteiger partial charge in [-0.2, -0.15) is 13.2 Å². The van der Waals surface area contributed by atoms with E-state index in [1.165, 1.54) is 19.2 Å². The third-order valence-electron chi connectivity index (χ3n) is 2.25. The van der Waals surface area contributed by atoms with E-state index in [1.54, 1.807) is 0 Å². The maximum atomic E-state index is 12.9. The molecule has 100 valence electrons. The van der Waals surface area contributed by atoms with Gasteiger partial charge >= 0.3 is 12.1 Å². The molecule has 1 unspecified atom stereocenters. The summed E-state index contributed by atoms with van der Waals surface area (Å²) in [5, 5.41) is 0. The number of hydrogen-bond acceptors (Lipinski definition) is 3. The SMILES string of the molecule is COC(=O)C(Br)c1ccc(OC)cc1C(F)(F)F. The number of carbonyl (C=O) groups excluding carboxylic acids is 1. The average Bonchev–Trinajstić information content (AvgIpc) is 2.35. The summed E-state index contributed by atoms with van der Waals surface area (Å²) in [7, 11) is 2.37. The van der Waals surface area contributed by atoms with Gasteiger partial charge in [-0.25, -0.2) is 0 Å². The van der Waals surface area contributed by atoms with E-state index in [0.717, 1.165) is 13.2 Å². The Hall–Kier alpha value is -1.24. The first-order chi connectivity index (χ1) is 8.31. The summed E-state index contributed by atoms with van der Waals surface area (Å²) in [4.78, 5) is 10.1. The van der Waals surface area contributed by atoms with Crippen LogP contribution < -0.4 is 4.74 Å². The minimum Gasteiger partial charge on any atom is -0.497 e. The maximum absolute atomic E-state index is 12.9. The molecule has 7 heteroatoms. The monoisotopic (exact) mass is 326 g/mol. The minimum absolute atomic E-state index is 0.0654. The van der Waals surface area contributed by atoms with Crippen LogP contribution in [-0.4, -0.2) is 20.2 Å². The molecule has 0 saturated heterocycles. The van der Waals surface area contributed by atoms with Crippen molar-refractivity contribution in [3.63, 3.8) is 0 Å². The summed E-state index contributed by atoms with van der Waals surface area (Å²) in [6.45, 7) is 0. The van der Waals surface area contributed by atoms with Crippen LogP contribution >= 0.6 is 15.9 Å². The third-order valence-corrected chi connectivity index (χ3v) is 3.11. The highest BCUT2D eigenvalue weighted by Crippen LogP contribution is 2.39. The quantitative estimate of drug-likeness (QED) is 0.631. The van der Waals surface area contributed by atoms with Crippen LogP contribution in [0.2, 0.25) is 0 Å². The molecule has 0 aliphatic rings. The molecule has 0 N–H and O–H groups in total. The number of benzene rings is 1. The van der Waals surface area contributed by atoms with Crippen molar-refractivity contribution in [3.8, 4) is 5.75 Å². The van der Waals surface area contributed by atoms with Crippen LogP contribution in [0.3, 0.4) is 0 Å². The molecule has 0 amide bonds. The largest absolute Gasteiger partial charge is 0.497 e. The highest BCUT2D eigenvalue weighted by Gasteiger charge is 2.37. The molecule has 0 saturated carbocycles. The maximum Gasteiger partial charge on any atom is 0.416 e. The molecular formula is C11H10BrF3O3. The zero-order chi connectivity index (χ0) is 13.9. The smallest absolute Gasteiger partial charge is 0.416 e. The lowest BCUT2D eigenvalue weighted by atomic mass is 10.0. The number of alkyl halides is 4. The van der Waals surface area contributed by atoms with Gasteiger partial charge in [0.05, 0.1) is 19.8 Å².